The number of hydrogen-bond donors (Lipinski definition) is 3. The van der Waals surface area contributed by atoms with Crippen LogP contribution < -0.4 is 16.4 Å². The summed E-state index contributed by atoms with van der Waals surface area (Å²) in [5.74, 6) is -0.507. The van der Waals surface area contributed by atoms with Crippen LogP contribution >= 0.6 is 12.2 Å². The molecular weight excluding hydrogens is 260 g/mol. The molecule has 0 spiro atoms. The molecule has 96 valence electrons. The van der Waals surface area contributed by atoms with Gasteiger partial charge in [-0.25, -0.2) is 0 Å². The highest BCUT2D eigenvalue weighted by Crippen LogP contribution is 2.14. The fraction of sp³-hybridized carbons (Fsp3) is 0. The molecule has 5 nitrogen and oxygen atoms in total. The van der Waals surface area contributed by atoms with Crippen molar-refractivity contribution in [2.45, 2.75) is 0 Å². The number of pyridine rings is 1. The van der Waals surface area contributed by atoms with E-state index in [0.717, 1.165) is 5.69 Å². The first-order chi connectivity index (χ1) is 9.16. The molecule has 0 fully saturated rings. The van der Waals surface area contributed by atoms with Gasteiger partial charge in [0.2, 0.25) is 0 Å². The lowest BCUT2D eigenvalue weighted by Gasteiger charge is -2.12. The van der Waals surface area contributed by atoms with Gasteiger partial charge in [-0.15, -0.1) is 0 Å². The Hall–Kier alpha value is -2.47. The third-order valence-corrected chi connectivity index (χ3v) is 2.56. The number of nitrogens with zero attached hydrogens (tertiary/aromatic N) is 1. The number of carbonyl (C=O) groups excluding carboxylic acids is 1. The second-order valence-corrected chi connectivity index (χ2v) is 4.14. The Morgan fingerprint density at radius 2 is 1.95 bits per heavy atom. The molecule has 0 aliphatic heterocycles. The molecule has 6 heteroatoms. The fourth-order valence-corrected chi connectivity index (χ4v) is 1.76. The van der Waals surface area contributed by atoms with Gasteiger partial charge in [0.15, 0.2) is 5.11 Å². The molecule has 1 aromatic carbocycles. The van der Waals surface area contributed by atoms with Crippen molar-refractivity contribution in [3.63, 3.8) is 0 Å². The lowest BCUT2D eigenvalue weighted by Crippen LogP contribution is -2.22. The van der Waals surface area contributed by atoms with Crippen molar-refractivity contribution in [3.05, 3.63) is 54.4 Å². The standard InChI is InChI=1S/C13H12N4OS/c14-12(18)10-5-1-2-6-11(10)17-13(19)16-9-4-3-7-15-8-9/h1-8H,(H2,14,18)(H2,16,17,19). The molecule has 0 bridgehead atoms. The second kappa shape index (κ2) is 5.92. The predicted octanol–water partition coefficient (Wildman–Crippen LogP) is 1.99. The van der Waals surface area contributed by atoms with Gasteiger partial charge < -0.3 is 16.4 Å². The zero-order chi connectivity index (χ0) is 13.7. The van der Waals surface area contributed by atoms with Crippen molar-refractivity contribution in [2.75, 3.05) is 10.6 Å². The smallest absolute Gasteiger partial charge is 0.250 e. The predicted molar refractivity (Wildman–Crippen MR) is 79.0 cm³/mol. The molecule has 0 saturated heterocycles. The summed E-state index contributed by atoms with van der Waals surface area (Å²) in [7, 11) is 0. The molecular formula is C13H12N4OS. The zero-order valence-corrected chi connectivity index (χ0v) is 10.8. The molecule has 1 amide bonds. The van der Waals surface area contributed by atoms with Crippen molar-refractivity contribution >= 4 is 34.6 Å². The summed E-state index contributed by atoms with van der Waals surface area (Å²) in [5.41, 5.74) is 7.00. The Balaban J connectivity index is 2.09. The van der Waals surface area contributed by atoms with Crippen molar-refractivity contribution in [2.24, 2.45) is 5.73 Å². The highest BCUT2D eigenvalue weighted by atomic mass is 32.1. The summed E-state index contributed by atoms with van der Waals surface area (Å²) in [6.07, 6.45) is 3.32. The van der Waals surface area contributed by atoms with E-state index >= 15 is 0 Å². The van der Waals surface area contributed by atoms with Crippen LogP contribution in [0, 0.1) is 0 Å². The Morgan fingerprint density at radius 3 is 2.63 bits per heavy atom. The van der Waals surface area contributed by atoms with Crippen LogP contribution in [-0.4, -0.2) is 16.0 Å². The SMILES string of the molecule is NC(=O)c1ccccc1NC(=S)Nc1cccnc1. The Bertz CT molecular complexity index is 601. The zero-order valence-electron chi connectivity index (χ0n) is 9.96. The summed E-state index contributed by atoms with van der Waals surface area (Å²) < 4.78 is 0. The van der Waals surface area contributed by atoms with Crippen LogP contribution in [0.25, 0.3) is 0 Å². The molecule has 19 heavy (non-hydrogen) atoms. The number of benzene rings is 1. The summed E-state index contributed by atoms with van der Waals surface area (Å²) in [6.45, 7) is 0. The molecule has 0 aliphatic carbocycles. The molecule has 0 unspecified atom stereocenters. The maximum atomic E-state index is 11.3. The van der Waals surface area contributed by atoms with E-state index in [-0.39, 0.29) is 0 Å². The van der Waals surface area contributed by atoms with Gasteiger partial charge in [0, 0.05) is 6.20 Å². The Labute approximate surface area is 115 Å². The third-order valence-electron chi connectivity index (χ3n) is 2.36. The minimum Gasteiger partial charge on any atom is -0.366 e. The van der Waals surface area contributed by atoms with Gasteiger partial charge in [0.05, 0.1) is 23.1 Å². The number of rotatable bonds is 3. The Kier molecular flexibility index (Phi) is 4.04. The minimum atomic E-state index is -0.507. The molecule has 0 saturated carbocycles. The molecule has 0 radical (unpaired) electrons. The number of primary amides is 1. The largest absolute Gasteiger partial charge is 0.366 e. The van der Waals surface area contributed by atoms with E-state index in [2.05, 4.69) is 15.6 Å². The van der Waals surface area contributed by atoms with E-state index in [1.54, 1.807) is 42.7 Å². The van der Waals surface area contributed by atoms with Gasteiger partial charge in [-0.05, 0) is 36.5 Å². The number of amides is 1. The van der Waals surface area contributed by atoms with Crippen LogP contribution in [0.1, 0.15) is 10.4 Å². The monoisotopic (exact) mass is 272 g/mol. The molecule has 0 atom stereocenters. The second-order valence-electron chi connectivity index (χ2n) is 3.73. The van der Waals surface area contributed by atoms with Gasteiger partial charge in [0.25, 0.3) is 5.91 Å². The minimum absolute atomic E-state index is 0.363. The molecule has 0 aliphatic rings. The van der Waals surface area contributed by atoms with E-state index in [1.165, 1.54) is 0 Å². The van der Waals surface area contributed by atoms with Gasteiger partial charge in [-0.2, -0.15) is 0 Å². The Morgan fingerprint density at radius 1 is 1.16 bits per heavy atom. The van der Waals surface area contributed by atoms with E-state index in [0.29, 0.717) is 16.4 Å². The van der Waals surface area contributed by atoms with Gasteiger partial charge in [-0.3, -0.25) is 9.78 Å². The van der Waals surface area contributed by atoms with E-state index < -0.39 is 5.91 Å². The normalized spacial score (nSPS) is 9.68. The van der Waals surface area contributed by atoms with Gasteiger partial charge >= 0.3 is 0 Å². The first-order valence-electron chi connectivity index (χ1n) is 5.53. The quantitative estimate of drug-likeness (QED) is 0.745. The first kappa shape index (κ1) is 13.0. The highest BCUT2D eigenvalue weighted by molar-refractivity contribution is 7.80. The number of anilines is 2. The third kappa shape index (κ3) is 3.49. The van der Waals surface area contributed by atoms with Crippen LogP contribution in [-0.2, 0) is 0 Å². The number of thiocarbonyl (C=S) groups is 1. The maximum Gasteiger partial charge on any atom is 0.250 e. The van der Waals surface area contributed by atoms with Crippen LogP contribution in [0.4, 0.5) is 11.4 Å². The van der Waals surface area contributed by atoms with Gasteiger partial charge in [-0.1, -0.05) is 12.1 Å². The van der Waals surface area contributed by atoms with Crippen LogP contribution in [0.3, 0.4) is 0 Å². The van der Waals surface area contributed by atoms with E-state index in [4.69, 9.17) is 18.0 Å². The van der Waals surface area contributed by atoms with E-state index in [9.17, 15) is 4.79 Å². The molecule has 2 rings (SSSR count). The first-order valence-corrected chi connectivity index (χ1v) is 5.94. The highest BCUT2D eigenvalue weighted by Gasteiger charge is 2.08. The van der Waals surface area contributed by atoms with Crippen molar-refractivity contribution < 1.29 is 4.79 Å². The van der Waals surface area contributed by atoms with Crippen molar-refractivity contribution in [1.82, 2.24) is 4.98 Å². The average Bonchev–Trinajstić information content (AvgIpc) is 2.40. The molecule has 1 heterocycles. The van der Waals surface area contributed by atoms with Gasteiger partial charge in [0.1, 0.15) is 0 Å². The summed E-state index contributed by atoms with van der Waals surface area (Å²) in [6, 6.07) is 10.5. The topological polar surface area (TPSA) is 80.0 Å². The summed E-state index contributed by atoms with van der Waals surface area (Å²) in [5, 5.41) is 6.26. The number of para-hydroxylation sites is 1. The fourth-order valence-electron chi connectivity index (χ4n) is 1.53. The van der Waals surface area contributed by atoms with Crippen molar-refractivity contribution in [1.29, 1.82) is 0 Å². The number of aromatic nitrogens is 1. The number of carbonyl (C=O) groups is 1. The number of hydrogen-bond acceptors (Lipinski definition) is 3. The number of nitrogens with one attached hydrogen (secondary N) is 2. The van der Waals surface area contributed by atoms with Crippen molar-refractivity contribution in [3.8, 4) is 0 Å². The van der Waals surface area contributed by atoms with Crippen LogP contribution in [0.2, 0.25) is 0 Å². The summed E-state index contributed by atoms with van der Waals surface area (Å²) >= 11 is 5.16. The maximum absolute atomic E-state index is 11.3. The van der Waals surface area contributed by atoms with Crippen LogP contribution in [0.15, 0.2) is 48.8 Å². The number of nitrogens with two attached hydrogens (primary N) is 1. The lowest BCUT2D eigenvalue weighted by atomic mass is 10.1. The molecule has 2 aromatic rings. The average molecular weight is 272 g/mol. The molecule has 4 N–H and O–H groups in total. The molecule has 1 aromatic heterocycles. The van der Waals surface area contributed by atoms with E-state index in [1.807, 2.05) is 6.07 Å². The van der Waals surface area contributed by atoms with Crippen LogP contribution in [0.5, 0.6) is 0 Å². The summed E-state index contributed by atoms with van der Waals surface area (Å²) in [4.78, 5) is 15.2. The lowest BCUT2D eigenvalue weighted by molar-refractivity contribution is 0.100.